The smallest absolute Gasteiger partial charge is 0.377 e. The van der Waals surface area contributed by atoms with Crippen LogP contribution >= 0.6 is 11.8 Å². The van der Waals surface area contributed by atoms with E-state index in [1.165, 1.54) is 5.69 Å². The Morgan fingerprint density at radius 2 is 1.39 bits per heavy atom. The van der Waals surface area contributed by atoms with Gasteiger partial charge in [0.25, 0.3) is 0 Å². The minimum absolute atomic E-state index is 0.130. The predicted molar refractivity (Wildman–Crippen MR) is 166 cm³/mol. The molecule has 41 heavy (non-hydrogen) atoms. The molecule has 0 amide bonds. The molecule has 3 aromatic carbocycles. The first-order valence-corrected chi connectivity index (χ1v) is 15.1. The summed E-state index contributed by atoms with van der Waals surface area (Å²) < 4.78 is 17.5. The van der Waals surface area contributed by atoms with E-state index in [0.29, 0.717) is 29.0 Å². The van der Waals surface area contributed by atoms with Crippen molar-refractivity contribution in [3.05, 3.63) is 78.4 Å². The molecule has 3 aromatic rings. The first-order chi connectivity index (χ1) is 19.8. The normalized spacial score (nSPS) is 15.2. The van der Waals surface area contributed by atoms with Crippen LogP contribution < -0.4 is 18.9 Å². The van der Waals surface area contributed by atoms with Crippen LogP contribution in [-0.2, 0) is 9.53 Å². The van der Waals surface area contributed by atoms with Gasteiger partial charge in [-0.05, 0) is 79.2 Å². The Labute approximate surface area is 248 Å². The number of esters is 2. The molecule has 0 aliphatic carbocycles. The number of ether oxygens (including phenoxy) is 3. The minimum Gasteiger partial charge on any atom is -0.494 e. The highest BCUT2D eigenvalue weighted by atomic mass is 32.2. The summed E-state index contributed by atoms with van der Waals surface area (Å²) in [6, 6.07) is 22.6. The van der Waals surface area contributed by atoms with E-state index in [9.17, 15) is 9.59 Å². The van der Waals surface area contributed by atoms with Crippen LogP contribution in [0.4, 0.5) is 11.4 Å². The molecule has 0 saturated carbocycles. The standard InChI is InChI=1S/C33H41N2O5S/c1-34(2)26-17-15-25(16-18-26)32(36)40-28-21-19-27(20-22-28)38-23-11-7-5-6-8-12-24-39-33(37)31-35(3,4)29-13-9-10-14-30(29)41-31/h9-10,13-22,31H,5-8,11-12,23-24H2,1-4H3/q+1. The molecule has 0 fully saturated rings. The maximum atomic E-state index is 12.7. The number of thioether (sulfide) groups is 1. The Morgan fingerprint density at radius 1 is 0.780 bits per heavy atom. The van der Waals surface area contributed by atoms with Gasteiger partial charge in [0, 0.05) is 25.8 Å². The van der Waals surface area contributed by atoms with Gasteiger partial charge in [-0.2, -0.15) is 0 Å². The summed E-state index contributed by atoms with van der Waals surface area (Å²) in [6.45, 7) is 1.12. The van der Waals surface area contributed by atoms with Gasteiger partial charge in [-0.15, -0.1) is 0 Å². The molecule has 0 N–H and O–H groups in total. The lowest BCUT2D eigenvalue weighted by Gasteiger charge is -2.29. The molecule has 0 saturated heterocycles. The molecule has 8 heteroatoms. The second-order valence-electron chi connectivity index (χ2n) is 10.9. The molecule has 4 rings (SSSR count). The summed E-state index contributed by atoms with van der Waals surface area (Å²) in [7, 11) is 8.04. The number of hydrogen-bond acceptors (Lipinski definition) is 7. The first kappa shape index (κ1) is 30.5. The highest BCUT2D eigenvalue weighted by Crippen LogP contribution is 2.46. The fourth-order valence-corrected chi connectivity index (χ4v) is 6.10. The van der Waals surface area contributed by atoms with Gasteiger partial charge in [-0.25, -0.2) is 9.59 Å². The van der Waals surface area contributed by atoms with E-state index in [-0.39, 0.29) is 17.3 Å². The van der Waals surface area contributed by atoms with Crippen LogP contribution in [0.1, 0.15) is 48.9 Å². The first-order valence-electron chi connectivity index (χ1n) is 14.2. The van der Waals surface area contributed by atoms with Gasteiger partial charge in [0.05, 0.1) is 37.8 Å². The lowest BCUT2D eigenvalue weighted by atomic mass is 10.1. The summed E-state index contributed by atoms with van der Waals surface area (Å²) in [5, 5.41) is -0.246. The van der Waals surface area contributed by atoms with E-state index < -0.39 is 0 Å². The molecule has 0 spiro atoms. The maximum Gasteiger partial charge on any atom is 0.377 e. The van der Waals surface area contributed by atoms with Gasteiger partial charge >= 0.3 is 11.9 Å². The number of carbonyl (C=O) groups is 2. The van der Waals surface area contributed by atoms with Gasteiger partial charge in [0.15, 0.2) is 0 Å². The van der Waals surface area contributed by atoms with Crippen molar-refractivity contribution >= 4 is 35.1 Å². The molecule has 218 valence electrons. The highest BCUT2D eigenvalue weighted by molar-refractivity contribution is 8.01. The molecule has 1 heterocycles. The Balaban J connectivity index is 1.03. The number of fused-ring (bicyclic) bond motifs is 1. The molecule has 0 bridgehead atoms. The SMILES string of the molecule is CN(C)c1ccc(C(=O)Oc2ccc(OCCCCCCCCOC(=O)C3Sc4ccccc4[N+]3(C)C)cc2)cc1. The monoisotopic (exact) mass is 577 g/mol. The van der Waals surface area contributed by atoms with Crippen LogP contribution in [0, 0.1) is 0 Å². The molecule has 0 radical (unpaired) electrons. The van der Waals surface area contributed by atoms with Gasteiger partial charge in [0.2, 0.25) is 5.37 Å². The fraction of sp³-hybridized carbons (Fsp3) is 0.394. The number of unbranched alkanes of at least 4 members (excludes halogenated alkanes) is 5. The minimum atomic E-state index is -0.385. The van der Waals surface area contributed by atoms with Crippen LogP contribution in [0.3, 0.4) is 0 Å². The summed E-state index contributed by atoms with van der Waals surface area (Å²) in [4.78, 5) is 28.2. The number of anilines is 1. The van der Waals surface area contributed by atoms with Gasteiger partial charge in [-0.1, -0.05) is 37.8 Å². The molecule has 1 aliphatic heterocycles. The van der Waals surface area contributed by atoms with Crippen LogP contribution in [0.25, 0.3) is 0 Å². The summed E-state index contributed by atoms with van der Waals surface area (Å²) in [5.74, 6) is 0.727. The number of rotatable bonds is 14. The van der Waals surface area contributed by atoms with Gasteiger partial charge in [-0.3, -0.25) is 4.48 Å². The highest BCUT2D eigenvalue weighted by Gasteiger charge is 2.46. The average molecular weight is 578 g/mol. The Bertz CT molecular complexity index is 1290. The third-order valence-electron chi connectivity index (χ3n) is 7.22. The maximum absolute atomic E-state index is 12.7. The van der Waals surface area contributed by atoms with Gasteiger partial charge in [0.1, 0.15) is 17.2 Å². The van der Waals surface area contributed by atoms with Crippen LogP contribution in [0.15, 0.2) is 77.7 Å². The third-order valence-corrected chi connectivity index (χ3v) is 8.76. The zero-order valence-electron chi connectivity index (χ0n) is 24.5. The van der Waals surface area contributed by atoms with Crippen LogP contribution in [0.2, 0.25) is 0 Å². The van der Waals surface area contributed by atoms with E-state index >= 15 is 0 Å². The zero-order valence-corrected chi connectivity index (χ0v) is 25.3. The van der Waals surface area contributed by atoms with Crippen molar-refractivity contribution in [2.75, 3.05) is 46.3 Å². The van der Waals surface area contributed by atoms with Crippen LogP contribution in [-0.4, -0.2) is 58.7 Å². The van der Waals surface area contributed by atoms with Crippen molar-refractivity contribution in [1.82, 2.24) is 4.48 Å². The number of nitrogens with zero attached hydrogens (tertiary/aromatic N) is 2. The molecular weight excluding hydrogens is 536 g/mol. The largest absolute Gasteiger partial charge is 0.494 e. The van der Waals surface area contributed by atoms with Crippen LogP contribution in [0.5, 0.6) is 11.5 Å². The zero-order chi connectivity index (χ0) is 29.2. The van der Waals surface area contributed by atoms with Crippen molar-refractivity contribution in [2.24, 2.45) is 0 Å². The lowest BCUT2D eigenvalue weighted by molar-refractivity contribution is -0.145. The Kier molecular flexibility index (Phi) is 10.7. The number of carbonyl (C=O) groups excluding carboxylic acids is 2. The molecule has 0 aromatic heterocycles. The molecule has 7 nitrogen and oxygen atoms in total. The van der Waals surface area contributed by atoms with Crippen molar-refractivity contribution in [2.45, 2.75) is 48.8 Å². The third kappa shape index (κ3) is 8.27. The topological polar surface area (TPSA) is 65.1 Å². The summed E-state index contributed by atoms with van der Waals surface area (Å²) in [6.07, 6.45) is 6.23. The van der Waals surface area contributed by atoms with Gasteiger partial charge < -0.3 is 19.1 Å². The summed E-state index contributed by atoms with van der Waals surface area (Å²) in [5.41, 5.74) is 2.70. The number of likely N-dealkylation sites (N-methyl/N-ethyl adjacent to an activating group) is 1. The summed E-state index contributed by atoms with van der Waals surface area (Å²) >= 11 is 1.60. The second-order valence-corrected chi connectivity index (χ2v) is 12.0. The lowest BCUT2D eigenvalue weighted by Crippen LogP contribution is -2.50. The predicted octanol–water partition coefficient (Wildman–Crippen LogP) is 6.93. The molecule has 1 aliphatic rings. The number of hydrogen-bond donors (Lipinski definition) is 0. The van der Waals surface area contributed by atoms with Crippen molar-refractivity contribution in [1.29, 1.82) is 0 Å². The molecule has 1 atom stereocenters. The van der Waals surface area contributed by atoms with Crippen molar-refractivity contribution in [3.8, 4) is 11.5 Å². The van der Waals surface area contributed by atoms with E-state index in [1.807, 2.05) is 55.4 Å². The number of benzene rings is 3. The number of quaternary nitrogens is 1. The Morgan fingerprint density at radius 3 is 2.05 bits per heavy atom. The number of para-hydroxylation sites is 1. The Hall–Kier alpha value is -3.49. The van der Waals surface area contributed by atoms with E-state index in [4.69, 9.17) is 14.2 Å². The van der Waals surface area contributed by atoms with E-state index in [1.54, 1.807) is 36.0 Å². The molecule has 1 unspecified atom stereocenters. The second kappa shape index (κ2) is 14.4. The van der Waals surface area contributed by atoms with E-state index in [0.717, 1.165) is 54.9 Å². The van der Waals surface area contributed by atoms with Crippen molar-refractivity contribution < 1.29 is 23.8 Å². The average Bonchev–Trinajstić information content (AvgIpc) is 3.25. The van der Waals surface area contributed by atoms with E-state index in [2.05, 4.69) is 26.2 Å². The van der Waals surface area contributed by atoms with Crippen molar-refractivity contribution in [3.63, 3.8) is 0 Å². The quantitative estimate of drug-likeness (QED) is 0.0891. The fourth-order valence-electron chi connectivity index (χ4n) is 4.73. The molecular formula is C33H41N2O5S+.